The molecule has 0 unspecified atom stereocenters. The molecule has 124 valence electrons. The molecule has 6 nitrogen and oxygen atoms in total. The van der Waals surface area contributed by atoms with E-state index in [0.717, 1.165) is 48.0 Å². The van der Waals surface area contributed by atoms with Gasteiger partial charge in [0, 0.05) is 43.1 Å². The molecule has 1 aliphatic rings. The molecule has 1 aromatic carbocycles. The van der Waals surface area contributed by atoms with Crippen molar-refractivity contribution in [2.75, 3.05) is 36.0 Å². The summed E-state index contributed by atoms with van der Waals surface area (Å²) < 4.78 is 4.10. The zero-order valence-corrected chi connectivity index (χ0v) is 14.7. The Labute approximate surface area is 145 Å². The number of nitrogens with zero attached hydrogens (tertiary/aromatic N) is 6. The fourth-order valence-corrected chi connectivity index (χ4v) is 3.67. The summed E-state index contributed by atoms with van der Waals surface area (Å²) in [5.41, 5.74) is 2.34. The number of piperazine rings is 1. The van der Waals surface area contributed by atoms with Gasteiger partial charge in [-0.3, -0.25) is 0 Å². The lowest BCUT2D eigenvalue weighted by Crippen LogP contribution is -2.46. The Morgan fingerprint density at radius 3 is 2.46 bits per heavy atom. The number of fused-ring (bicyclic) bond motifs is 1. The standard InChI is InChI=1S/C17H20N6S/c1-12(2)13-3-4-15-14(9-13)16(19-10-18-15)22-5-7-23(8-6-22)17-20-11-21-24-17/h3-4,9-12H,5-8H2,1-2H3. The number of benzene rings is 1. The van der Waals surface area contributed by atoms with Gasteiger partial charge in [0.2, 0.25) is 5.13 Å². The van der Waals surface area contributed by atoms with Crippen molar-refractivity contribution in [3.05, 3.63) is 36.4 Å². The predicted molar refractivity (Wildman–Crippen MR) is 98.0 cm³/mol. The average Bonchev–Trinajstić information content (AvgIpc) is 3.15. The Hall–Kier alpha value is -2.28. The molecule has 0 saturated carbocycles. The number of hydrogen-bond acceptors (Lipinski definition) is 7. The minimum atomic E-state index is 0.497. The molecule has 0 amide bonds. The average molecular weight is 340 g/mol. The largest absolute Gasteiger partial charge is 0.352 e. The van der Waals surface area contributed by atoms with E-state index in [1.165, 1.54) is 17.1 Å². The van der Waals surface area contributed by atoms with E-state index in [4.69, 9.17) is 0 Å². The summed E-state index contributed by atoms with van der Waals surface area (Å²) >= 11 is 1.45. The smallest absolute Gasteiger partial charge is 0.205 e. The summed E-state index contributed by atoms with van der Waals surface area (Å²) in [7, 11) is 0. The van der Waals surface area contributed by atoms with Crippen LogP contribution in [0, 0.1) is 0 Å². The van der Waals surface area contributed by atoms with E-state index in [0.29, 0.717) is 5.92 Å². The molecule has 1 fully saturated rings. The monoisotopic (exact) mass is 340 g/mol. The van der Waals surface area contributed by atoms with Gasteiger partial charge in [0.05, 0.1) is 5.52 Å². The molecule has 0 bridgehead atoms. The summed E-state index contributed by atoms with van der Waals surface area (Å²) in [5, 5.41) is 2.15. The lowest BCUT2D eigenvalue weighted by atomic mass is 10.0. The maximum atomic E-state index is 4.59. The van der Waals surface area contributed by atoms with Gasteiger partial charge in [0.15, 0.2) is 0 Å². The Kier molecular flexibility index (Phi) is 4.02. The first-order chi connectivity index (χ1) is 11.7. The minimum absolute atomic E-state index is 0.497. The van der Waals surface area contributed by atoms with Gasteiger partial charge in [-0.1, -0.05) is 19.9 Å². The van der Waals surface area contributed by atoms with Gasteiger partial charge in [0.1, 0.15) is 18.5 Å². The van der Waals surface area contributed by atoms with Crippen LogP contribution in [0.3, 0.4) is 0 Å². The van der Waals surface area contributed by atoms with Crippen molar-refractivity contribution in [1.82, 2.24) is 19.3 Å². The van der Waals surface area contributed by atoms with Gasteiger partial charge in [-0.25, -0.2) is 15.0 Å². The maximum Gasteiger partial charge on any atom is 0.205 e. The fraction of sp³-hybridized carbons (Fsp3) is 0.412. The molecule has 3 heterocycles. The highest BCUT2D eigenvalue weighted by atomic mass is 32.1. The van der Waals surface area contributed by atoms with Crippen LogP contribution in [0.1, 0.15) is 25.3 Å². The molecule has 0 spiro atoms. The molecule has 3 aromatic rings. The highest BCUT2D eigenvalue weighted by Gasteiger charge is 2.21. The second-order valence-electron chi connectivity index (χ2n) is 6.33. The van der Waals surface area contributed by atoms with Crippen molar-refractivity contribution in [1.29, 1.82) is 0 Å². The number of aromatic nitrogens is 4. The van der Waals surface area contributed by atoms with Crippen LogP contribution in [0.15, 0.2) is 30.9 Å². The van der Waals surface area contributed by atoms with Crippen molar-refractivity contribution < 1.29 is 0 Å². The third-order valence-electron chi connectivity index (χ3n) is 4.50. The van der Waals surface area contributed by atoms with E-state index >= 15 is 0 Å². The Morgan fingerprint density at radius 2 is 1.75 bits per heavy atom. The lowest BCUT2D eigenvalue weighted by Gasteiger charge is -2.35. The first kappa shape index (κ1) is 15.3. The van der Waals surface area contributed by atoms with Crippen molar-refractivity contribution in [3.63, 3.8) is 0 Å². The molecule has 7 heteroatoms. The van der Waals surface area contributed by atoms with E-state index in [2.05, 4.69) is 61.2 Å². The maximum absolute atomic E-state index is 4.59. The van der Waals surface area contributed by atoms with E-state index in [-0.39, 0.29) is 0 Å². The van der Waals surface area contributed by atoms with E-state index in [9.17, 15) is 0 Å². The van der Waals surface area contributed by atoms with Crippen molar-refractivity contribution in [2.45, 2.75) is 19.8 Å². The summed E-state index contributed by atoms with van der Waals surface area (Å²) in [6.45, 7) is 8.15. The molecule has 0 aliphatic carbocycles. The topological polar surface area (TPSA) is 58.0 Å². The lowest BCUT2D eigenvalue weighted by molar-refractivity contribution is 0.647. The van der Waals surface area contributed by atoms with Gasteiger partial charge in [-0.2, -0.15) is 4.37 Å². The number of rotatable bonds is 3. The molecule has 1 aliphatic heterocycles. The van der Waals surface area contributed by atoms with Gasteiger partial charge < -0.3 is 9.80 Å². The summed E-state index contributed by atoms with van der Waals surface area (Å²) in [6, 6.07) is 6.51. The van der Waals surface area contributed by atoms with Crippen LogP contribution in [0.5, 0.6) is 0 Å². The second kappa shape index (κ2) is 6.32. The van der Waals surface area contributed by atoms with Crippen LogP contribution in [-0.4, -0.2) is 45.5 Å². The van der Waals surface area contributed by atoms with E-state index in [1.807, 2.05) is 0 Å². The van der Waals surface area contributed by atoms with Crippen LogP contribution >= 0.6 is 11.5 Å². The minimum Gasteiger partial charge on any atom is -0.352 e. The molecular weight excluding hydrogens is 320 g/mol. The van der Waals surface area contributed by atoms with E-state index in [1.54, 1.807) is 12.7 Å². The highest BCUT2D eigenvalue weighted by Crippen LogP contribution is 2.28. The third-order valence-corrected chi connectivity index (χ3v) is 5.23. The summed E-state index contributed by atoms with van der Waals surface area (Å²) in [5.74, 6) is 1.54. The molecule has 4 rings (SSSR count). The molecule has 0 atom stereocenters. The second-order valence-corrected chi connectivity index (χ2v) is 7.09. The first-order valence-electron chi connectivity index (χ1n) is 8.23. The van der Waals surface area contributed by atoms with Crippen LogP contribution in [0.25, 0.3) is 10.9 Å². The molecule has 24 heavy (non-hydrogen) atoms. The van der Waals surface area contributed by atoms with Crippen molar-refractivity contribution in [3.8, 4) is 0 Å². The van der Waals surface area contributed by atoms with Gasteiger partial charge >= 0.3 is 0 Å². The molecule has 0 radical (unpaired) electrons. The van der Waals surface area contributed by atoms with E-state index < -0.39 is 0 Å². The molecular formula is C17H20N6S. The predicted octanol–water partition coefficient (Wildman–Crippen LogP) is 2.93. The molecule has 2 aromatic heterocycles. The van der Waals surface area contributed by atoms with Crippen LogP contribution in [-0.2, 0) is 0 Å². The first-order valence-corrected chi connectivity index (χ1v) is 9.01. The molecule has 0 N–H and O–H groups in total. The zero-order chi connectivity index (χ0) is 16.5. The van der Waals surface area contributed by atoms with Gasteiger partial charge in [-0.05, 0) is 23.6 Å². The zero-order valence-electron chi connectivity index (χ0n) is 13.9. The normalized spacial score (nSPS) is 15.5. The van der Waals surface area contributed by atoms with Crippen molar-refractivity contribution >= 4 is 33.4 Å². The van der Waals surface area contributed by atoms with Crippen LogP contribution < -0.4 is 9.80 Å². The number of anilines is 2. The SMILES string of the molecule is CC(C)c1ccc2ncnc(N3CCN(c4ncns4)CC3)c2c1. The quantitative estimate of drug-likeness (QED) is 0.731. The third kappa shape index (κ3) is 2.80. The highest BCUT2D eigenvalue weighted by molar-refractivity contribution is 7.09. The van der Waals surface area contributed by atoms with Crippen LogP contribution in [0.2, 0.25) is 0 Å². The Balaban J connectivity index is 1.61. The Morgan fingerprint density at radius 1 is 0.958 bits per heavy atom. The van der Waals surface area contributed by atoms with Gasteiger partial charge in [-0.15, -0.1) is 0 Å². The van der Waals surface area contributed by atoms with Crippen molar-refractivity contribution in [2.24, 2.45) is 0 Å². The van der Waals surface area contributed by atoms with Gasteiger partial charge in [0.25, 0.3) is 0 Å². The molecule has 1 saturated heterocycles. The summed E-state index contributed by atoms with van der Waals surface area (Å²) in [6.07, 6.45) is 3.29. The number of hydrogen-bond donors (Lipinski definition) is 0. The Bertz CT molecular complexity index is 824. The summed E-state index contributed by atoms with van der Waals surface area (Å²) in [4.78, 5) is 18.0. The van der Waals surface area contributed by atoms with Crippen LogP contribution in [0.4, 0.5) is 10.9 Å². The fourth-order valence-electron chi connectivity index (χ4n) is 3.09.